The molecule has 0 N–H and O–H groups in total. The first-order valence-electron chi connectivity index (χ1n) is 17.8. The highest BCUT2D eigenvalue weighted by molar-refractivity contribution is 6.26. The Bertz CT molecular complexity index is 3070. The first-order valence-corrected chi connectivity index (χ1v) is 17.8. The van der Waals surface area contributed by atoms with Crippen LogP contribution >= 0.6 is 0 Å². The van der Waals surface area contributed by atoms with Crippen molar-refractivity contribution in [2.45, 2.75) is 0 Å². The molecule has 0 aliphatic carbocycles. The normalized spacial score (nSPS) is 11.8. The molecule has 0 bridgehead atoms. The fourth-order valence-electron chi connectivity index (χ4n) is 8.48. The Kier molecular flexibility index (Phi) is 6.28. The third kappa shape index (κ3) is 4.31. The molecule has 0 saturated carbocycles. The molecule has 0 spiro atoms. The summed E-state index contributed by atoms with van der Waals surface area (Å²) in [4.78, 5) is 2.33. The maximum absolute atomic E-state index is 6.79. The zero-order valence-corrected chi connectivity index (χ0v) is 28.3. The van der Waals surface area contributed by atoms with Crippen molar-refractivity contribution < 1.29 is 4.42 Å². The van der Waals surface area contributed by atoms with Crippen molar-refractivity contribution in [1.82, 2.24) is 0 Å². The number of fused-ring (bicyclic) bond motifs is 5. The second-order valence-corrected chi connectivity index (χ2v) is 13.7. The van der Waals surface area contributed by atoms with E-state index >= 15 is 0 Å². The molecule has 0 aliphatic rings. The summed E-state index contributed by atoms with van der Waals surface area (Å²) in [5, 5.41) is 12.3. The fourth-order valence-corrected chi connectivity index (χ4v) is 8.48. The smallest absolute Gasteiger partial charge is 0.143 e. The van der Waals surface area contributed by atoms with Crippen LogP contribution in [0.5, 0.6) is 0 Å². The minimum Gasteiger partial charge on any atom is -0.455 e. The number of furan rings is 1. The van der Waals surface area contributed by atoms with Crippen molar-refractivity contribution in [3.05, 3.63) is 188 Å². The summed E-state index contributed by atoms with van der Waals surface area (Å²) in [6.07, 6.45) is 0. The average Bonchev–Trinajstić information content (AvgIpc) is 3.60. The maximum atomic E-state index is 6.79. The van der Waals surface area contributed by atoms with E-state index in [0.29, 0.717) is 0 Å². The number of hydrogen-bond acceptors (Lipinski definition) is 2. The van der Waals surface area contributed by atoms with Crippen molar-refractivity contribution in [3.63, 3.8) is 0 Å². The van der Waals surface area contributed by atoms with E-state index in [-0.39, 0.29) is 0 Å². The first-order chi connectivity index (χ1) is 25.8. The van der Waals surface area contributed by atoms with Gasteiger partial charge in [0, 0.05) is 22.1 Å². The molecule has 0 saturated heterocycles. The molecule has 10 aromatic carbocycles. The third-order valence-corrected chi connectivity index (χ3v) is 10.8. The van der Waals surface area contributed by atoms with Gasteiger partial charge in [-0.15, -0.1) is 0 Å². The quantitative estimate of drug-likeness (QED) is 0.171. The molecule has 0 fully saturated rings. The molecule has 2 heteroatoms. The van der Waals surface area contributed by atoms with Crippen molar-refractivity contribution in [2.75, 3.05) is 4.90 Å². The van der Waals surface area contributed by atoms with Crippen LogP contribution < -0.4 is 4.90 Å². The van der Waals surface area contributed by atoms with Gasteiger partial charge in [0.2, 0.25) is 0 Å². The summed E-state index contributed by atoms with van der Waals surface area (Å²) in [5.41, 5.74) is 9.86. The lowest BCUT2D eigenvalue weighted by Crippen LogP contribution is -2.09. The number of para-hydroxylation sites is 2. The topological polar surface area (TPSA) is 16.4 Å². The van der Waals surface area contributed by atoms with Crippen LogP contribution in [-0.4, -0.2) is 0 Å². The maximum Gasteiger partial charge on any atom is 0.143 e. The largest absolute Gasteiger partial charge is 0.455 e. The fraction of sp³-hybridized carbons (Fsp3) is 0. The van der Waals surface area contributed by atoms with Crippen molar-refractivity contribution in [1.29, 1.82) is 0 Å². The van der Waals surface area contributed by atoms with Crippen molar-refractivity contribution >= 4 is 82.1 Å². The Hall–Kier alpha value is -6.90. The highest BCUT2D eigenvalue weighted by Gasteiger charge is 2.22. The van der Waals surface area contributed by atoms with Crippen LogP contribution in [0.1, 0.15) is 0 Å². The molecule has 52 heavy (non-hydrogen) atoms. The Labute approximate surface area is 300 Å². The van der Waals surface area contributed by atoms with Gasteiger partial charge < -0.3 is 9.32 Å². The van der Waals surface area contributed by atoms with Gasteiger partial charge in [-0.2, -0.15) is 0 Å². The van der Waals surface area contributed by atoms with E-state index in [1.54, 1.807) is 0 Å². The van der Waals surface area contributed by atoms with Gasteiger partial charge in [0.15, 0.2) is 0 Å². The lowest BCUT2D eigenvalue weighted by molar-refractivity contribution is 0.672. The minimum atomic E-state index is 0.870. The summed E-state index contributed by atoms with van der Waals surface area (Å²) in [5.74, 6) is 0. The molecule has 0 aliphatic heterocycles. The first kappa shape index (κ1) is 28.9. The Balaban J connectivity index is 1.16. The molecule has 2 nitrogen and oxygen atoms in total. The van der Waals surface area contributed by atoms with E-state index in [4.69, 9.17) is 4.42 Å². The van der Waals surface area contributed by atoms with Crippen LogP contribution in [0.3, 0.4) is 0 Å². The van der Waals surface area contributed by atoms with Gasteiger partial charge in [-0.3, -0.25) is 0 Å². The van der Waals surface area contributed by atoms with E-state index in [1.807, 2.05) is 0 Å². The molecule has 1 heterocycles. The summed E-state index contributed by atoms with van der Waals surface area (Å²) >= 11 is 0. The second-order valence-electron chi connectivity index (χ2n) is 13.7. The average molecular weight is 662 g/mol. The number of benzene rings is 10. The molecule has 1 aromatic heterocycles. The van der Waals surface area contributed by atoms with Crippen molar-refractivity contribution in [3.8, 4) is 22.3 Å². The number of rotatable bonds is 5. The zero-order chi connectivity index (χ0) is 34.2. The van der Waals surface area contributed by atoms with E-state index in [0.717, 1.165) is 44.4 Å². The highest BCUT2D eigenvalue weighted by atomic mass is 16.3. The molecule has 0 amide bonds. The summed E-state index contributed by atoms with van der Waals surface area (Å²) in [6, 6.07) is 67.9. The van der Waals surface area contributed by atoms with Gasteiger partial charge >= 0.3 is 0 Å². The lowest BCUT2D eigenvalue weighted by atomic mass is 9.88. The molecule has 11 aromatic rings. The monoisotopic (exact) mass is 661 g/mol. The number of anilines is 3. The predicted molar refractivity (Wildman–Crippen MR) is 220 cm³/mol. The standard InChI is InChI=1S/C50H31NO/c1-3-16-37(17-4-1)51(38-18-5-2-6-19-38)45-22-11-23-46-49(45)44-31-43(40-20-7-8-21-42(40)50(44)52-46)36-15-10-14-35(30-36)39-28-26-34-25-24-32-12-9-13-33-27-29-41(39)48(34)47(32)33/h1-31H. The van der Waals surface area contributed by atoms with Crippen molar-refractivity contribution in [2.24, 2.45) is 0 Å². The number of hydrogen-bond donors (Lipinski definition) is 0. The van der Waals surface area contributed by atoms with Crippen LogP contribution in [0.25, 0.3) is 87.3 Å². The Morgan fingerprint density at radius 3 is 1.69 bits per heavy atom. The van der Waals surface area contributed by atoms with Gasteiger partial charge in [0.05, 0.1) is 11.1 Å². The van der Waals surface area contributed by atoms with Crippen LogP contribution in [0, 0.1) is 0 Å². The second kappa shape index (κ2) is 11.3. The van der Waals surface area contributed by atoms with Gasteiger partial charge in [-0.25, -0.2) is 0 Å². The minimum absolute atomic E-state index is 0.870. The summed E-state index contributed by atoms with van der Waals surface area (Å²) in [7, 11) is 0. The molecule has 0 unspecified atom stereocenters. The lowest BCUT2D eigenvalue weighted by Gasteiger charge is -2.26. The summed E-state index contributed by atoms with van der Waals surface area (Å²) < 4.78 is 6.79. The van der Waals surface area contributed by atoms with Gasteiger partial charge in [-0.1, -0.05) is 140 Å². The van der Waals surface area contributed by atoms with E-state index < -0.39 is 0 Å². The molecule has 0 atom stereocenters. The van der Waals surface area contributed by atoms with E-state index in [1.165, 1.54) is 60.0 Å². The van der Waals surface area contributed by atoms with Crippen LogP contribution in [0.15, 0.2) is 192 Å². The third-order valence-electron chi connectivity index (χ3n) is 10.8. The molecule has 0 radical (unpaired) electrons. The molecule has 242 valence electrons. The van der Waals surface area contributed by atoms with Gasteiger partial charge in [0.1, 0.15) is 11.2 Å². The highest BCUT2D eigenvalue weighted by Crippen LogP contribution is 2.47. The molecular formula is C50H31NO. The Morgan fingerprint density at radius 2 is 0.942 bits per heavy atom. The Morgan fingerprint density at radius 1 is 0.346 bits per heavy atom. The van der Waals surface area contributed by atoms with E-state index in [2.05, 4.69) is 193 Å². The summed E-state index contributed by atoms with van der Waals surface area (Å²) in [6.45, 7) is 0. The predicted octanol–water partition coefficient (Wildman–Crippen LogP) is 14.4. The molecular weight excluding hydrogens is 631 g/mol. The van der Waals surface area contributed by atoms with Crippen LogP contribution in [0.4, 0.5) is 17.1 Å². The number of nitrogens with zero attached hydrogens (tertiary/aromatic N) is 1. The zero-order valence-electron chi connectivity index (χ0n) is 28.3. The SMILES string of the molecule is c1ccc(N(c2ccccc2)c2cccc3oc4c5ccccc5c(-c5cccc(-c6ccc7ccc8cccc9ccc6c7c89)c5)cc4c23)cc1. The van der Waals surface area contributed by atoms with Gasteiger partial charge in [-0.05, 0) is 108 Å². The van der Waals surface area contributed by atoms with Crippen LogP contribution in [0.2, 0.25) is 0 Å². The van der Waals surface area contributed by atoms with E-state index in [9.17, 15) is 0 Å². The van der Waals surface area contributed by atoms with Crippen LogP contribution in [-0.2, 0) is 0 Å². The molecule has 11 rings (SSSR count). The van der Waals surface area contributed by atoms with Gasteiger partial charge in [0.25, 0.3) is 0 Å².